The smallest absolute Gasteiger partial charge is 0.248 e. The van der Waals surface area contributed by atoms with Crippen molar-refractivity contribution < 1.29 is 4.79 Å². The summed E-state index contributed by atoms with van der Waals surface area (Å²) in [5.41, 5.74) is 5.01. The predicted octanol–water partition coefficient (Wildman–Crippen LogP) is 4.16. The zero-order chi connectivity index (χ0) is 16.6. The van der Waals surface area contributed by atoms with Crippen molar-refractivity contribution in [1.82, 2.24) is 9.78 Å². The summed E-state index contributed by atoms with van der Waals surface area (Å²) < 4.78 is 1.79. The van der Waals surface area contributed by atoms with Crippen LogP contribution in [-0.2, 0) is 4.79 Å². The summed E-state index contributed by atoms with van der Waals surface area (Å²) in [4.78, 5) is 12.6. The number of aryl methyl sites for hydroxylation is 3. The highest BCUT2D eigenvalue weighted by Gasteiger charge is 2.19. The molecule has 1 aromatic heterocycles. The molecular weight excluding hydrogens is 286 g/mol. The maximum atomic E-state index is 12.6. The van der Waals surface area contributed by atoms with Crippen LogP contribution in [0.5, 0.6) is 0 Å². The standard InChI is InChI=1S/C19H21N3O/c1-12-9-13(2)11-16(10-12)20-19(23)15(4)22-18-8-6-5-7-17(18)14(3)21-22/h5-11,15H,1-4H3,(H,20,23). The molecule has 0 bridgehead atoms. The van der Waals surface area contributed by atoms with Gasteiger partial charge in [-0.3, -0.25) is 9.48 Å². The number of rotatable bonds is 3. The maximum absolute atomic E-state index is 12.6. The Hall–Kier alpha value is -2.62. The number of carbonyl (C=O) groups excluding carboxylic acids is 1. The first-order valence-corrected chi connectivity index (χ1v) is 7.78. The molecule has 0 aliphatic carbocycles. The fourth-order valence-corrected chi connectivity index (χ4v) is 2.95. The molecule has 118 valence electrons. The van der Waals surface area contributed by atoms with Gasteiger partial charge in [-0.1, -0.05) is 24.3 Å². The number of para-hydroxylation sites is 1. The number of nitrogens with zero attached hydrogens (tertiary/aromatic N) is 2. The molecule has 1 unspecified atom stereocenters. The van der Waals surface area contributed by atoms with Gasteiger partial charge in [0.25, 0.3) is 0 Å². The molecule has 2 aromatic carbocycles. The van der Waals surface area contributed by atoms with Crippen molar-refractivity contribution in [1.29, 1.82) is 0 Å². The van der Waals surface area contributed by atoms with E-state index in [-0.39, 0.29) is 11.9 Å². The lowest BCUT2D eigenvalue weighted by Crippen LogP contribution is -2.24. The normalized spacial score (nSPS) is 12.3. The monoisotopic (exact) mass is 307 g/mol. The highest BCUT2D eigenvalue weighted by molar-refractivity contribution is 5.95. The molecule has 0 aliphatic rings. The Morgan fingerprint density at radius 1 is 1.09 bits per heavy atom. The minimum absolute atomic E-state index is 0.0664. The zero-order valence-electron chi connectivity index (χ0n) is 13.9. The Bertz CT molecular complexity index is 859. The molecule has 1 heterocycles. The highest BCUT2D eigenvalue weighted by atomic mass is 16.2. The maximum Gasteiger partial charge on any atom is 0.248 e. The van der Waals surface area contributed by atoms with Crippen molar-refractivity contribution >= 4 is 22.5 Å². The Morgan fingerprint density at radius 2 is 1.74 bits per heavy atom. The van der Waals surface area contributed by atoms with Crippen LogP contribution in [0, 0.1) is 20.8 Å². The highest BCUT2D eigenvalue weighted by Crippen LogP contribution is 2.22. The van der Waals surface area contributed by atoms with E-state index in [1.165, 1.54) is 0 Å². The Balaban J connectivity index is 1.89. The SMILES string of the molecule is Cc1cc(C)cc(NC(=O)C(C)n2nc(C)c3ccccc32)c1. The molecule has 0 fully saturated rings. The first kappa shape index (κ1) is 15.3. The lowest BCUT2D eigenvalue weighted by atomic mass is 10.1. The third-order valence-corrected chi connectivity index (χ3v) is 4.03. The third-order valence-electron chi connectivity index (χ3n) is 4.03. The van der Waals surface area contributed by atoms with E-state index < -0.39 is 0 Å². The van der Waals surface area contributed by atoms with Crippen molar-refractivity contribution in [3.05, 3.63) is 59.3 Å². The lowest BCUT2D eigenvalue weighted by Gasteiger charge is -2.14. The molecule has 3 aromatic rings. The lowest BCUT2D eigenvalue weighted by molar-refractivity contribution is -0.118. The van der Waals surface area contributed by atoms with Gasteiger partial charge in [-0.2, -0.15) is 5.10 Å². The van der Waals surface area contributed by atoms with Crippen molar-refractivity contribution in [3.63, 3.8) is 0 Å². The van der Waals surface area contributed by atoms with Gasteiger partial charge in [0, 0.05) is 11.1 Å². The second-order valence-corrected chi connectivity index (χ2v) is 6.09. The molecular formula is C19H21N3O. The predicted molar refractivity (Wildman–Crippen MR) is 93.7 cm³/mol. The molecule has 4 heteroatoms. The summed E-state index contributed by atoms with van der Waals surface area (Å²) in [6.07, 6.45) is 0. The van der Waals surface area contributed by atoms with Crippen LogP contribution in [0.1, 0.15) is 29.8 Å². The van der Waals surface area contributed by atoms with Gasteiger partial charge in [0.2, 0.25) is 5.91 Å². The van der Waals surface area contributed by atoms with Crippen LogP contribution >= 0.6 is 0 Å². The summed E-state index contributed by atoms with van der Waals surface area (Å²) >= 11 is 0. The summed E-state index contributed by atoms with van der Waals surface area (Å²) in [7, 11) is 0. The largest absolute Gasteiger partial charge is 0.324 e. The average molecular weight is 307 g/mol. The minimum atomic E-state index is -0.380. The van der Waals surface area contributed by atoms with E-state index in [0.29, 0.717) is 0 Å². The van der Waals surface area contributed by atoms with Gasteiger partial charge in [0.1, 0.15) is 6.04 Å². The average Bonchev–Trinajstić information content (AvgIpc) is 2.83. The van der Waals surface area contributed by atoms with Gasteiger partial charge in [-0.15, -0.1) is 0 Å². The fourth-order valence-electron chi connectivity index (χ4n) is 2.95. The van der Waals surface area contributed by atoms with Gasteiger partial charge in [0.15, 0.2) is 0 Å². The molecule has 1 atom stereocenters. The summed E-state index contributed by atoms with van der Waals surface area (Å²) in [6.45, 7) is 7.89. The zero-order valence-corrected chi connectivity index (χ0v) is 13.9. The molecule has 0 radical (unpaired) electrons. The van der Waals surface area contributed by atoms with Crippen LogP contribution in [0.4, 0.5) is 5.69 Å². The van der Waals surface area contributed by atoms with Gasteiger partial charge >= 0.3 is 0 Å². The number of fused-ring (bicyclic) bond motifs is 1. The van der Waals surface area contributed by atoms with E-state index in [2.05, 4.69) is 16.5 Å². The van der Waals surface area contributed by atoms with Crippen LogP contribution in [0.3, 0.4) is 0 Å². The van der Waals surface area contributed by atoms with Gasteiger partial charge in [-0.05, 0) is 57.0 Å². The molecule has 0 spiro atoms. The summed E-state index contributed by atoms with van der Waals surface area (Å²) in [5.74, 6) is -0.0664. The topological polar surface area (TPSA) is 46.9 Å². The minimum Gasteiger partial charge on any atom is -0.324 e. The number of nitrogens with one attached hydrogen (secondary N) is 1. The van der Waals surface area contributed by atoms with Gasteiger partial charge in [0.05, 0.1) is 11.2 Å². The van der Waals surface area contributed by atoms with Crippen molar-refractivity contribution in [2.75, 3.05) is 5.32 Å². The second-order valence-electron chi connectivity index (χ2n) is 6.09. The molecule has 3 rings (SSSR count). The molecule has 1 N–H and O–H groups in total. The van der Waals surface area contributed by atoms with E-state index in [9.17, 15) is 4.79 Å². The Morgan fingerprint density at radius 3 is 2.43 bits per heavy atom. The van der Waals surface area contributed by atoms with Crippen LogP contribution < -0.4 is 5.32 Å². The first-order valence-electron chi connectivity index (χ1n) is 7.78. The quantitative estimate of drug-likeness (QED) is 0.789. The third kappa shape index (κ3) is 2.97. The molecule has 4 nitrogen and oxygen atoms in total. The molecule has 0 saturated carbocycles. The van der Waals surface area contributed by atoms with Gasteiger partial charge in [-0.25, -0.2) is 0 Å². The molecule has 23 heavy (non-hydrogen) atoms. The number of aromatic nitrogens is 2. The van der Waals surface area contributed by atoms with E-state index in [0.717, 1.165) is 33.4 Å². The number of hydrogen-bond acceptors (Lipinski definition) is 2. The molecule has 0 aliphatic heterocycles. The van der Waals surface area contributed by atoms with Crippen LogP contribution in [-0.4, -0.2) is 15.7 Å². The number of benzene rings is 2. The van der Waals surface area contributed by atoms with Crippen molar-refractivity contribution in [2.24, 2.45) is 0 Å². The Kier molecular flexibility index (Phi) is 3.90. The summed E-state index contributed by atoms with van der Waals surface area (Å²) in [6, 6.07) is 13.6. The number of amides is 1. The Labute approximate surface area is 136 Å². The van der Waals surface area contributed by atoms with Crippen molar-refractivity contribution in [3.8, 4) is 0 Å². The van der Waals surface area contributed by atoms with Gasteiger partial charge < -0.3 is 5.32 Å². The fraction of sp³-hybridized carbons (Fsp3) is 0.263. The van der Waals surface area contributed by atoms with E-state index in [1.807, 2.05) is 64.1 Å². The summed E-state index contributed by atoms with van der Waals surface area (Å²) in [5, 5.41) is 8.62. The second kappa shape index (κ2) is 5.88. The first-order chi connectivity index (χ1) is 11.0. The number of carbonyl (C=O) groups is 1. The van der Waals surface area contributed by atoms with E-state index >= 15 is 0 Å². The van der Waals surface area contributed by atoms with Crippen LogP contribution in [0.15, 0.2) is 42.5 Å². The number of hydrogen-bond donors (Lipinski definition) is 1. The molecule has 1 amide bonds. The van der Waals surface area contributed by atoms with Crippen LogP contribution in [0.25, 0.3) is 10.9 Å². The van der Waals surface area contributed by atoms with E-state index in [1.54, 1.807) is 4.68 Å². The molecule has 0 saturated heterocycles. The van der Waals surface area contributed by atoms with Crippen molar-refractivity contribution in [2.45, 2.75) is 33.7 Å². The van der Waals surface area contributed by atoms with Crippen LogP contribution in [0.2, 0.25) is 0 Å². The number of anilines is 1. The van der Waals surface area contributed by atoms with E-state index in [4.69, 9.17) is 0 Å².